The number of nitriles is 1. The first kappa shape index (κ1) is 13.8. The lowest BCUT2D eigenvalue weighted by atomic mass is 10.2. The summed E-state index contributed by atoms with van der Waals surface area (Å²) in [4.78, 5) is 10.9. The van der Waals surface area contributed by atoms with E-state index in [4.69, 9.17) is 5.11 Å². The summed E-state index contributed by atoms with van der Waals surface area (Å²) < 4.78 is 3.26. The molecule has 0 bridgehead atoms. The van der Waals surface area contributed by atoms with E-state index in [2.05, 4.69) is 16.3 Å². The maximum atomic E-state index is 10.9. The van der Waals surface area contributed by atoms with Gasteiger partial charge in [0.25, 0.3) is 0 Å². The fourth-order valence-corrected chi connectivity index (χ4v) is 2.32. The molecule has 0 aliphatic carbocycles. The molecule has 0 aliphatic heterocycles. The third-order valence-corrected chi connectivity index (χ3v) is 3.38. The normalized spacial score (nSPS) is 11.0. The van der Waals surface area contributed by atoms with Gasteiger partial charge in [-0.25, -0.2) is 9.48 Å². The van der Waals surface area contributed by atoms with Crippen LogP contribution in [0.3, 0.4) is 0 Å². The van der Waals surface area contributed by atoms with Crippen molar-refractivity contribution in [2.45, 2.75) is 19.9 Å². The Bertz CT molecular complexity index is 914. The molecular formula is C15H13N5O2. The average molecular weight is 295 g/mol. The Labute approximate surface area is 126 Å². The number of carbonyl (C=O) groups is 1. The summed E-state index contributed by atoms with van der Waals surface area (Å²) in [6.07, 6.45) is 2.72. The van der Waals surface area contributed by atoms with E-state index in [-0.39, 0.29) is 11.6 Å². The number of rotatable bonds is 3. The minimum atomic E-state index is -1.03. The monoisotopic (exact) mass is 295 g/mol. The molecule has 7 heteroatoms. The van der Waals surface area contributed by atoms with Gasteiger partial charge < -0.3 is 5.11 Å². The predicted octanol–water partition coefficient (Wildman–Crippen LogP) is 2.37. The minimum Gasteiger partial charge on any atom is -0.478 e. The number of carboxylic acids is 1. The number of aromatic carboxylic acids is 1. The van der Waals surface area contributed by atoms with Crippen LogP contribution in [-0.2, 0) is 0 Å². The highest BCUT2D eigenvalue weighted by Crippen LogP contribution is 2.24. The molecule has 0 atom stereocenters. The van der Waals surface area contributed by atoms with Crippen LogP contribution in [0.1, 0.15) is 35.9 Å². The third-order valence-electron chi connectivity index (χ3n) is 3.38. The Morgan fingerprint density at radius 3 is 2.77 bits per heavy atom. The summed E-state index contributed by atoms with van der Waals surface area (Å²) in [6.45, 7) is 3.99. The van der Waals surface area contributed by atoms with E-state index in [1.165, 1.54) is 17.1 Å². The lowest BCUT2D eigenvalue weighted by Gasteiger charge is -2.07. The SMILES string of the molecule is CC(C)n1nc(C#N)c2cc(-n3cc(C(=O)O)cn3)ccc21. The van der Waals surface area contributed by atoms with Gasteiger partial charge in [0.1, 0.15) is 6.07 Å². The van der Waals surface area contributed by atoms with Crippen molar-refractivity contribution in [3.63, 3.8) is 0 Å². The quantitative estimate of drug-likeness (QED) is 0.800. The second-order valence-electron chi connectivity index (χ2n) is 5.18. The average Bonchev–Trinajstić information content (AvgIpc) is 3.11. The van der Waals surface area contributed by atoms with Gasteiger partial charge in [0.2, 0.25) is 0 Å². The Balaban J connectivity index is 2.17. The van der Waals surface area contributed by atoms with Crippen LogP contribution in [0.4, 0.5) is 0 Å². The topological polar surface area (TPSA) is 96.7 Å². The van der Waals surface area contributed by atoms with Crippen LogP contribution < -0.4 is 0 Å². The van der Waals surface area contributed by atoms with Crippen molar-refractivity contribution >= 4 is 16.9 Å². The van der Waals surface area contributed by atoms with Crippen molar-refractivity contribution in [2.24, 2.45) is 0 Å². The Morgan fingerprint density at radius 2 is 2.18 bits per heavy atom. The van der Waals surface area contributed by atoms with Gasteiger partial charge in [0.15, 0.2) is 5.69 Å². The first-order chi connectivity index (χ1) is 10.5. The second-order valence-corrected chi connectivity index (χ2v) is 5.18. The maximum Gasteiger partial charge on any atom is 0.338 e. The summed E-state index contributed by atoms with van der Waals surface area (Å²) in [5.41, 5.74) is 2.00. The van der Waals surface area contributed by atoms with E-state index >= 15 is 0 Å². The van der Waals surface area contributed by atoms with E-state index in [1.54, 1.807) is 10.7 Å². The highest BCUT2D eigenvalue weighted by Gasteiger charge is 2.14. The molecule has 2 aromatic heterocycles. The molecule has 22 heavy (non-hydrogen) atoms. The lowest BCUT2D eigenvalue weighted by molar-refractivity contribution is 0.0697. The van der Waals surface area contributed by atoms with Crippen LogP contribution >= 0.6 is 0 Å². The van der Waals surface area contributed by atoms with Crippen LogP contribution in [0.15, 0.2) is 30.6 Å². The zero-order chi connectivity index (χ0) is 15.9. The van der Waals surface area contributed by atoms with Crippen molar-refractivity contribution in [3.8, 4) is 11.8 Å². The molecule has 0 saturated carbocycles. The smallest absolute Gasteiger partial charge is 0.338 e. The fourth-order valence-electron chi connectivity index (χ4n) is 2.32. The lowest BCUT2D eigenvalue weighted by Crippen LogP contribution is -2.02. The molecule has 0 saturated heterocycles. The maximum absolute atomic E-state index is 10.9. The molecule has 0 spiro atoms. The minimum absolute atomic E-state index is 0.110. The molecule has 0 fully saturated rings. The summed E-state index contributed by atoms with van der Waals surface area (Å²) in [6, 6.07) is 7.70. The molecule has 0 radical (unpaired) electrons. The molecule has 1 aromatic carbocycles. The molecule has 1 N–H and O–H groups in total. The first-order valence-electron chi connectivity index (χ1n) is 6.72. The standard InChI is InChI=1S/C15H13N5O2/c1-9(2)20-14-4-3-11(5-12(14)13(6-16)18-20)19-8-10(7-17-19)15(21)22/h3-5,7-9H,1-2H3,(H,21,22). The highest BCUT2D eigenvalue weighted by molar-refractivity contribution is 5.88. The van der Waals surface area contributed by atoms with E-state index in [0.717, 1.165) is 10.9 Å². The van der Waals surface area contributed by atoms with Gasteiger partial charge >= 0.3 is 5.97 Å². The van der Waals surface area contributed by atoms with Crippen molar-refractivity contribution in [3.05, 3.63) is 41.9 Å². The molecule has 0 amide bonds. The number of nitrogens with zero attached hydrogens (tertiary/aromatic N) is 5. The van der Waals surface area contributed by atoms with Gasteiger partial charge in [-0.15, -0.1) is 0 Å². The van der Waals surface area contributed by atoms with Crippen molar-refractivity contribution in [1.82, 2.24) is 19.6 Å². The van der Waals surface area contributed by atoms with Crippen LogP contribution in [-0.4, -0.2) is 30.6 Å². The molecule has 0 aliphatic rings. The van der Waals surface area contributed by atoms with Gasteiger partial charge in [-0.3, -0.25) is 4.68 Å². The van der Waals surface area contributed by atoms with E-state index in [1.807, 2.05) is 26.0 Å². The van der Waals surface area contributed by atoms with Crippen molar-refractivity contribution in [1.29, 1.82) is 5.26 Å². The zero-order valence-electron chi connectivity index (χ0n) is 12.1. The molecular weight excluding hydrogens is 282 g/mol. The van der Waals surface area contributed by atoms with Crippen LogP contribution in [0.25, 0.3) is 16.6 Å². The summed E-state index contributed by atoms with van der Waals surface area (Å²) in [5, 5.41) is 27.3. The second kappa shape index (κ2) is 5.00. The first-order valence-corrected chi connectivity index (χ1v) is 6.72. The van der Waals surface area contributed by atoms with Gasteiger partial charge in [0, 0.05) is 17.6 Å². The van der Waals surface area contributed by atoms with Gasteiger partial charge in [0.05, 0.1) is 23.0 Å². The highest BCUT2D eigenvalue weighted by atomic mass is 16.4. The Hall–Kier alpha value is -3.14. The Morgan fingerprint density at radius 1 is 1.41 bits per heavy atom. The fraction of sp³-hybridized carbons (Fsp3) is 0.200. The summed E-state index contributed by atoms with van der Waals surface area (Å²) in [7, 11) is 0. The van der Waals surface area contributed by atoms with E-state index < -0.39 is 5.97 Å². The largest absolute Gasteiger partial charge is 0.478 e. The third kappa shape index (κ3) is 2.11. The molecule has 3 aromatic rings. The van der Waals surface area contributed by atoms with E-state index in [0.29, 0.717) is 11.4 Å². The summed E-state index contributed by atoms with van der Waals surface area (Å²) in [5.74, 6) is -1.03. The molecule has 0 unspecified atom stereocenters. The number of benzene rings is 1. The Kier molecular flexibility index (Phi) is 3.14. The summed E-state index contributed by atoms with van der Waals surface area (Å²) >= 11 is 0. The van der Waals surface area contributed by atoms with E-state index in [9.17, 15) is 10.1 Å². The number of carboxylic acid groups (broad SMARTS) is 1. The number of hydrogen-bond acceptors (Lipinski definition) is 4. The zero-order valence-corrected chi connectivity index (χ0v) is 12.1. The van der Waals surface area contributed by atoms with Gasteiger partial charge in [-0.05, 0) is 32.0 Å². The van der Waals surface area contributed by atoms with Gasteiger partial charge in [-0.2, -0.15) is 15.5 Å². The van der Waals surface area contributed by atoms with Crippen LogP contribution in [0.5, 0.6) is 0 Å². The molecule has 2 heterocycles. The predicted molar refractivity (Wildman–Crippen MR) is 78.9 cm³/mol. The number of hydrogen-bond donors (Lipinski definition) is 1. The van der Waals surface area contributed by atoms with Crippen molar-refractivity contribution in [2.75, 3.05) is 0 Å². The van der Waals surface area contributed by atoms with Crippen molar-refractivity contribution < 1.29 is 9.90 Å². The van der Waals surface area contributed by atoms with Crippen LogP contribution in [0, 0.1) is 11.3 Å². The number of aromatic nitrogens is 4. The molecule has 3 rings (SSSR count). The van der Waals surface area contributed by atoms with Crippen LogP contribution in [0.2, 0.25) is 0 Å². The molecule has 7 nitrogen and oxygen atoms in total. The number of fused-ring (bicyclic) bond motifs is 1. The van der Waals surface area contributed by atoms with Gasteiger partial charge in [-0.1, -0.05) is 0 Å². The molecule has 110 valence electrons.